The van der Waals surface area contributed by atoms with Crippen LogP contribution in [-0.2, 0) is 11.3 Å². The van der Waals surface area contributed by atoms with E-state index in [2.05, 4.69) is 4.90 Å². The van der Waals surface area contributed by atoms with E-state index in [1.807, 2.05) is 17.9 Å². The molecular formula is C17H26ClN3O4. The summed E-state index contributed by atoms with van der Waals surface area (Å²) in [6.45, 7) is 7.07. The summed E-state index contributed by atoms with van der Waals surface area (Å²) < 4.78 is 0. The standard InChI is InChI=1S/C17H25N3O4.ClH/c1-3-19(12-17(21)22)15-7-9-18(10-8-15)11-14-5-4-6-16(13(14)2)20(23)24;/h4-6,15H,3,7-12H2,1-2H3,(H,21,22);1H. The Labute approximate surface area is 154 Å². The summed E-state index contributed by atoms with van der Waals surface area (Å²) in [5, 5.41) is 20.0. The molecule has 1 N–H and O–H groups in total. The number of aliphatic carboxylic acids is 1. The number of halogens is 1. The third-order valence-corrected chi connectivity index (χ3v) is 4.83. The topological polar surface area (TPSA) is 86.9 Å². The summed E-state index contributed by atoms with van der Waals surface area (Å²) >= 11 is 0. The quantitative estimate of drug-likeness (QED) is 0.585. The van der Waals surface area contributed by atoms with Crippen LogP contribution in [-0.4, -0.2) is 58.0 Å². The zero-order valence-electron chi connectivity index (χ0n) is 14.7. The van der Waals surface area contributed by atoms with Gasteiger partial charge in [-0.15, -0.1) is 12.4 Å². The number of carboxylic acids is 1. The minimum absolute atomic E-state index is 0. The highest BCUT2D eigenvalue weighted by Crippen LogP contribution is 2.24. The van der Waals surface area contributed by atoms with E-state index in [1.54, 1.807) is 13.0 Å². The van der Waals surface area contributed by atoms with Gasteiger partial charge in [0, 0.05) is 24.2 Å². The van der Waals surface area contributed by atoms with Gasteiger partial charge in [0.2, 0.25) is 0 Å². The van der Waals surface area contributed by atoms with E-state index >= 15 is 0 Å². The molecule has 0 atom stereocenters. The molecule has 2 rings (SSSR count). The molecule has 0 aromatic heterocycles. The lowest BCUT2D eigenvalue weighted by molar-refractivity contribution is -0.385. The van der Waals surface area contributed by atoms with Crippen molar-refractivity contribution in [3.8, 4) is 0 Å². The molecule has 0 saturated carbocycles. The Kier molecular flexibility index (Phi) is 8.28. The summed E-state index contributed by atoms with van der Waals surface area (Å²) in [5.41, 5.74) is 1.88. The van der Waals surface area contributed by atoms with Gasteiger partial charge in [-0.3, -0.25) is 24.7 Å². The second-order valence-corrected chi connectivity index (χ2v) is 6.28. The van der Waals surface area contributed by atoms with E-state index < -0.39 is 5.97 Å². The normalized spacial score (nSPS) is 15.8. The lowest BCUT2D eigenvalue weighted by Gasteiger charge is -2.37. The van der Waals surface area contributed by atoms with Crippen molar-refractivity contribution in [2.45, 2.75) is 39.3 Å². The molecule has 25 heavy (non-hydrogen) atoms. The number of rotatable bonds is 7. The van der Waals surface area contributed by atoms with Crippen molar-refractivity contribution in [1.82, 2.24) is 9.80 Å². The molecule has 0 unspecified atom stereocenters. The highest BCUT2D eigenvalue weighted by molar-refractivity contribution is 5.85. The molecule has 7 nitrogen and oxygen atoms in total. The predicted molar refractivity (Wildman–Crippen MR) is 98.3 cm³/mol. The molecule has 0 aliphatic carbocycles. The monoisotopic (exact) mass is 371 g/mol. The molecule has 1 fully saturated rings. The molecule has 1 aliphatic rings. The van der Waals surface area contributed by atoms with E-state index in [0.717, 1.165) is 43.6 Å². The second kappa shape index (κ2) is 9.70. The lowest BCUT2D eigenvalue weighted by Crippen LogP contribution is -2.46. The fraction of sp³-hybridized carbons (Fsp3) is 0.588. The van der Waals surface area contributed by atoms with Crippen molar-refractivity contribution in [3.05, 3.63) is 39.4 Å². The van der Waals surface area contributed by atoms with Gasteiger partial charge in [-0.2, -0.15) is 0 Å². The zero-order chi connectivity index (χ0) is 17.7. The number of hydrogen-bond acceptors (Lipinski definition) is 5. The molecule has 140 valence electrons. The van der Waals surface area contributed by atoms with Crippen LogP contribution in [0.4, 0.5) is 5.69 Å². The minimum Gasteiger partial charge on any atom is -0.480 e. The van der Waals surface area contributed by atoms with Gasteiger partial charge < -0.3 is 5.11 Å². The fourth-order valence-electron chi connectivity index (χ4n) is 3.40. The summed E-state index contributed by atoms with van der Waals surface area (Å²) in [6, 6.07) is 5.51. The van der Waals surface area contributed by atoms with Gasteiger partial charge in [-0.1, -0.05) is 19.1 Å². The maximum absolute atomic E-state index is 11.0. The van der Waals surface area contributed by atoms with Gasteiger partial charge in [-0.25, -0.2) is 0 Å². The van der Waals surface area contributed by atoms with E-state index in [1.165, 1.54) is 6.07 Å². The number of carboxylic acid groups (broad SMARTS) is 1. The number of nitro benzene ring substituents is 1. The molecule has 1 aromatic carbocycles. The maximum atomic E-state index is 11.0. The number of likely N-dealkylation sites (N-methyl/N-ethyl adjacent to an activating group) is 1. The first-order chi connectivity index (χ1) is 11.4. The van der Waals surface area contributed by atoms with Gasteiger partial charge in [0.25, 0.3) is 5.69 Å². The van der Waals surface area contributed by atoms with Crippen LogP contribution < -0.4 is 0 Å². The Morgan fingerprint density at radius 3 is 2.56 bits per heavy atom. The number of nitro groups is 1. The van der Waals surface area contributed by atoms with Crippen LogP contribution in [0.5, 0.6) is 0 Å². The number of hydrogen-bond donors (Lipinski definition) is 1. The summed E-state index contributed by atoms with van der Waals surface area (Å²) in [5.74, 6) is -0.786. The SMILES string of the molecule is CCN(CC(=O)O)C1CCN(Cc2cccc([N+](=O)[O-])c2C)CC1.Cl. The number of benzene rings is 1. The number of nitrogens with zero attached hydrogens (tertiary/aromatic N) is 3. The van der Waals surface area contributed by atoms with Crippen molar-refractivity contribution in [1.29, 1.82) is 0 Å². The van der Waals surface area contributed by atoms with Crippen molar-refractivity contribution in [2.75, 3.05) is 26.2 Å². The largest absolute Gasteiger partial charge is 0.480 e. The molecule has 0 amide bonds. The van der Waals surface area contributed by atoms with Crippen LogP contribution in [0, 0.1) is 17.0 Å². The third-order valence-electron chi connectivity index (χ3n) is 4.83. The number of carbonyl (C=O) groups is 1. The molecular weight excluding hydrogens is 346 g/mol. The smallest absolute Gasteiger partial charge is 0.317 e. The zero-order valence-corrected chi connectivity index (χ0v) is 15.5. The molecule has 0 spiro atoms. The highest BCUT2D eigenvalue weighted by Gasteiger charge is 2.25. The molecule has 8 heteroatoms. The molecule has 1 aromatic rings. The van der Waals surface area contributed by atoms with Crippen molar-refractivity contribution in [3.63, 3.8) is 0 Å². The molecule has 0 radical (unpaired) electrons. The van der Waals surface area contributed by atoms with E-state index in [4.69, 9.17) is 5.11 Å². The summed E-state index contributed by atoms with van der Waals surface area (Å²) in [6.07, 6.45) is 1.85. The Morgan fingerprint density at radius 2 is 2.04 bits per heavy atom. The van der Waals surface area contributed by atoms with Crippen LogP contribution in [0.15, 0.2) is 18.2 Å². The van der Waals surface area contributed by atoms with Gasteiger partial charge >= 0.3 is 5.97 Å². The Hall–Kier alpha value is -1.70. The number of likely N-dealkylation sites (tertiary alicyclic amines) is 1. The van der Waals surface area contributed by atoms with E-state index in [0.29, 0.717) is 12.6 Å². The van der Waals surface area contributed by atoms with Crippen LogP contribution in [0.2, 0.25) is 0 Å². The first kappa shape index (κ1) is 21.3. The average molecular weight is 372 g/mol. The van der Waals surface area contributed by atoms with Crippen molar-refractivity contribution in [2.24, 2.45) is 0 Å². The van der Waals surface area contributed by atoms with Crippen LogP contribution in [0.25, 0.3) is 0 Å². The van der Waals surface area contributed by atoms with E-state index in [-0.39, 0.29) is 29.6 Å². The first-order valence-corrected chi connectivity index (χ1v) is 8.33. The molecule has 1 heterocycles. The summed E-state index contributed by atoms with van der Waals surface area (Å²) in [4.78, 5) is 25.9. The third kappa shape index (κ3) is 5.66. The molecule has 0 bridgehead atoms. The van der Waals surface area contributed by atoms with Gasteiger partial charge in [0.1, 0.15) is 0 Å². The number of piperidine rings is 1. The van der Waals surface area contributed by atoms with Crippen LogP contribution >= 0.6 is 12.4 Å². The van der Waals surface area contributed by atoms with Crippen LogP contribution in [0.3, 0.4) is 0 Å². The minimum atomic E-state index is -0.786. The predicted octanol–water partition coefficient (Wildman–Crippen LogP) is 2.70. The first-order valence-electron chi connectivity index (χ1n) is 8.33. The van der Waals surface area contributed by atoms with E-state index in [9.17, 15) is 14.9 Å². The van der Waals surface area contributed by atoms with Gasteiger partial charge in [0.15, 0.2) is 0 Å². The van der Waals surface area contributed by atoms with Crippen LogP contribution in [0.1, 0.15) is 30.9 Å². The Morgan fingerprint density at radius 1 is 1.40 bits per heavy atom. The maximum Gasteiger partial charge on any atom is 0.317 e. The van der Waals surface area contributed by atoms with Crippen molar-refractivity contribution >= 4 is 24.1 Å². The van der Waals surface area contributed by atoms with Crippen molar-refractivity contribution < 1.29 is 14.8 Å². The Balaban J connectivity index is 0.00000312. The summed E-state index contributed by atoms with van der Waals surface area (Å²) in [7, 11) is 0. The second-order valence-electron chi connectivity index (χ2n) is 6.28. The molecule has 1 aliphatic heterocycles. The Bertz CT molecular complexity index is 604. The lowest BCUT2D eigenvalue weighted by atomic mass is 10.0. The van der Waals surface area contributed by atoms with Gasteiger partial charge in [0.05, 0.1) is 11.5 Å². The molecule has 1 saturated heterocycles. The average Bonchev–Trinajstić information content (AvgIpc) is 2.55. The van der Waals surface area contributed by atoms with Gasteiger partial charge in [-0.05, 0) is 45.0 Å². The fourth-order valence-corrected chi connectivity index (χ4v) is 3.40. The highest BCUT2D eigenvalue weighted by atomic mass is 35.5.